The predicted molar refractivity (Wildman–Crippen MR) is 133 cm³/mol. The van der Waals surface area contributed by atoms with Gasteiger partial charge in [-0.1, -0.05) is 26.0 Å². The maximum Gasteiger partial charge on any atom is 0.341 e. The van der Waals surface area contributed by atoms with E-state index in [1.165, 1.54) is 23.5 Å². The van der Waals surface area contributed by atoms with Crippen LogP contribution in [0.25, 0.3) is 0 Å². The van der Waals surface area contributed by atoms with E-state index in [4.69, 9.17) is 4.74 Å². The average molecular weight is 489 g/mol. The van der Waals surface area contributed by atoms with Crippen molar-refractivity contribution in [2.75, 3.05) is 10.6 Å². The average Bonchev–Trinajstić information content (AvgIpc) is 3.14. The van der Waals surface area contributed by atoms with Gasteiger partial charge in [0.2, 0.25) is 11.8 Å². The Balaban J connectivity index is 1.89. The highest BCUT2D eigenvalue weighted by molar-refractivity contribution is 7.15. The van der Waals surface area contributed by atoms with Gasteiger partial charge in [0.25, 0.3) is 0 Å². The van der Waals surface area contributed by atoms with E-state index in [-0.39, 0.29) is 41.8 Å². The number of carbonyl (C=O) groups is 4. The van der Waals surface area contributed by atoms with Crippen molar-refractivity contribution >= 4 is 45.8 Å². The maximum absolute atomic E-state index is 12.8. The van der Waals surface area contributed by atoms with Gasteiger partial charge in [-0.25, -0.2) is 9.59 Å². The van der Waals surface area contributed by atoms with Crippen molar-refractivity contribution < 1.29 is 29.0 Å². The highest BCUT2D eigenvalue weighted by Crippen LogP contribution is 2.34. The molecule has 2 aromatic rings. The van der Waals surface area contributed by atoms with Crippen LogP contribution in [0.5, 0.6) is 0 Å². The molecule has 0 fully saturated rings. The van der Waals surface area contributed by atoms with E-state index in [9.17, 15) is 24.3 Å². The van der Waals surface area contributed by atoms with Crippen molar-refractivity contribution in [3.05, 3.63) is 46.3 Å². The van der Waals surface area contributed by atoms with Crippen LogP contribution in [-0.4, -0.2) is 34.5 Å². The molecule has 0 bridgehead atoms. The third kappa shape index (κ3) is 7.98. The van der Waals surface area contributed by atoms with E-state index in [0.717, 1.165) is 5.56 Å². The minimum atomic E-state index is -1.12. The van der Waals surface area contributed by atoms with Crippen molar-refractivity contribution in [3.63, 3.8) is 0 Å². The van der Waals surface area contributed by atoms with Crippen molar-refractivity contribution in [3.8, 4) is 0 Å². The standard InChI is InChI=1S/C25H32N2O6S/c1-15(2)17-14-34-22(21(17)24(32)33-25(3,4)5)27-20(29)13-9-8-12-19(28)26-18-11-7-6-10-16(18)23(30)31/h6-7,10-11,14-15H,8-9,12-13H2,1-5H3,(H,26,28)(H,27,29)(H,30,31). The number of aromatic carboxylic acids is 1. The fourth-order valence-corrected chi connectivity index (χ4v) is 4.31. The zero-order chi connectivity index (χ0) is 25.5. The number of hydrogen-bond donors (Lipinski definition) is 3. The lowest BCUT2D eigenvalue weighted by molar-refractivity contribution is -0.118. The van der Waals surface area contributed by atoms with Crippen LogP contribution in [0.15, 0.2) is 29.6 Å². The molecule has 0 aliphatic heterocycles. The lowest BCUT2D eigenvalue weighted by Crippen LogP contribution is -2.25. The first kappa shape index (κ1) is 27.0. The molecule has 0 radical (unpaired) electrons. The first-order valence-corrected chi connectivity index (χ1v) is 12.0. The van der Waals surface area contributed by atoms with Gasteiger partial charge in [-0.15, -0.1) is 11.3 Å². The van der Waals surface area contributed by atoms with Crippen LogP contribution in [-0.2, 0) is 14.3 Å². The molecule has 0 atom stereocenters. The summed E-state index contributed by atoms with van der Waals surface area (Å²) < 4.78 is 5.53. The van der Waals surface area contributed by atoms with Gasteiger partial charge in [-0.05, 0) is 62.6 Å². The van der Waals surface area contributed by atoms with Crippen LogP contribution in [0.2, 0.25) is 0 Å². The molecule has 0 spiro atoms. The number of hydrogen-bond acceptors (Lipinski definition) is 6. The number of nitrogens with one attached hydrogen (secondary N) is 2. The summed E-state index contributed by atoms with van der Waals surface area (Å²) in [4.78, 5) is 48.6. The Morgan fingerprint density at radius 1 is 1.00 bits per heavy atom. The van der Waals surface area contributed by atoms with Gasteiger partial charge in [0.15, 0.2) is 0 Å². The highest BCUT2D eigenvalue weighted by atomic mass is 32.1. The molecule has 2 rings (SSSR count). The molecule has 9 heteroatoms. The normalized spacial score (nSPS) is 11.2. The number of amides is 2. The second kappa shape index (κ2) is 11.8. The minimum absolute atomic E-state index is 0.0210. The van der Waals surface area contributed by atoms with Gasteiger partial charge < -0.3 is 20.5 Å². The van der Waals surface area contributed by atoms with Crippen LogP contribution in [0.3, 0.4) is 0 Å². The van der Waals surface area contributed by atoms with E-state index in [0.29, 0.717) is 23.4 Å². The molecule has 0 aliphatic rings. The van der Waals surface area contributed by atoms with Crippen LogP contribution in [0.1, 0.15) is 92.5 Å². The number of carboxylic acid groups (broad SMARTS) is 1. The number of esters is 1. The van der Waals surface area contributed by atoms with Crippen molar-refractivity contribution in [1.29, 1.82) is 0 Å². The van der Waals surface area contributed by atoms with Crippen LogP contribution in [0.4, 0.5) is 10.7 Å². The number of thiophene rings is 1. The van der Waals surface area contributed by atoms with E-state index in [1.54, 1.807) is 32.9 Å². The van der Waals surface area contributed by atoms with Gasteiger partial charge in [0.05, 0.1) is 16.8 Å². The summed E-state index contributed by atoms with van der Waals surface area (Å²) >= 11 is 1.29. The molecule has 3 N–H and O–H groups in total. The summed E-state index contributed by atoms with van der Waals surface area (Å²) in [6.45, 7) is 9.33. The Morgan fingerprint density at radius 3 is 2.15 bits per heavy atom. The Kier molecular flexibility index (Phi) is 9.37. The Bertz CT molecular complexity index is 1050. The summed E-state index contributed by atoms with van der Waals surface area (Å²) in [7, 11) is 0. The van der Waals surface area contributed by atoms with Gasteiger partial charge in [0.1, 0.15) is 10.6 Å². The van der Waals surface area contributed by atoms with Crippen molar-refractivity contribution in [2.45, 2.75) is 71.8 Å². The second-order valence-corrected chi connectivity index (χ2v) is 10.1. The minimum Gasteiger partial charge on any atom is -0.478 e. The number of para-hydroxylation sites is 1. The summed E-state index contributed by atoms with van der Waals surface area (Å²) in [6, 6.07) is 6.18. The number of unbranched alkanes of at least 4 members (excludes halogenated alkanes) is 1. The molecule has 0 aliphatic carbocycles. The third-order valence-electron chi connectivity index (χ3n) is 4.79. The molecular weight excluding hydrogens is 456 g/mol. The topological polar surface area (TPSA) is 122 Å². The lowest BCUT2D eigenvalue weighted by Gasteiger charge is -2.20. The fourth-order valence-electron chi connectivity index (χ4n) is 3.18. The number of ether oxygens (including phenoxy) is 1. The van der Waals surface area contributed by atoms with Crippen molar-refractivity contribution in [1.82, 2.24) is 0 Å². The molecule has 0 unspecified atom stereocenters. The van der Waals surface area contributed by atoms with E-state index in [1.807, 2.05) is 19.2 Å². The molecule has 34 heavy (non-hydrogen) atoms. The molecule has 2 amide bonds. The number of carboxylic acids is 1. The molecular formula is C25H32N2O6S. The van der Waals surface area contributed by atoms with Gasteiger partial charge in [-0.3, -0.25) is 9.59 Å². The molecule has 1 aromatic heterocycles. The molecule has 1 heterocycles. The molecule has 0 saturated heterocycles. The Labute approximate surface area is 203 Å². The van der Waals surface area contributed by atoms with Gasteiger partial charge in [-0.2, -0.15) is 0 Å². The van der Waals surface area contributed by atoms with Gasteiger partial charge >= 0.3 is 11.9 Å². The molecule has 0 saturated carbocycles. The SMILES string of the molecule is CC(C)c1csc(NC(=O)CCCCC(=O)Nc2ccccc2C(=O)O)c1C(=O)OC(C)(C)C. The number of benzene rings is 1. The fraction of sp³-hybridized carbons (Fsp3) is 0.440. The monoisotopic (exact) mass is 488 g/mol. The number of carbonyl (C=O) groups excluding carboxylic acids is 3. The summed E-state index contributed by atoms with van der Waals surface area (Å²) in [5, 5.41) is 16.9. The van der Waals surface area contributed by atoms with Crippen LogP contribution >= 0.6 is 11.3 Å². The van der Waals surface area contributed by atoms with Crippen LogP contribution < -0.4 is 10.6 Å². The first-order chi connectivity index (χ1) is 15.9. The van der Waals surface area contributed by atoms with E-state index in [2.05, 4.69) is 10.6 Å². The zero-order valence-electron chi connectivity index (χ0n) is 20.2. The number of anilines is 2. The summed E-state index contributed by atoms with van der Waals surface area (Å²) in [5.74, 6) is -2.06. The van der Waals surface area contributed by atoms with E-state index < -0.39 is 17.5 Å². The van der Waals surface area contributed by atoms with Crippen molar-refractivity contribution in [2.24, 2.45) is 0 Å². The predicted octanol–water partition coefficient (Wildman–Crippen LogP) is 5.66. The van der Waals surface area contributed by atoms with E-state index >= 15 is 0 Å². The van der Waals surface area contributed by atoms with Gasteiger partial charge in [0, 0.05) is 12.8 Å². The third-order valence-corrected chi connectivity index (χ3v) is 5.70. The largest absolute Gasteiger partial charge is 0.478 e. The molecule has 184 valence electrons. The Hall–Kier alpha value is -3.20. The molecule has 8 nitrogen and oxygen atoms in total. The Morgan fingerprint density at radius 2 is 1.59 bits per heavy atom. The smallest absolute Gasteiger partial charge is 0.341 e. The summed E-state index contributed by atoms with van der Waals surface area (Å²) in [5.41, 5.74) is 0.825. The van der Waals surface area contributed by atoms with Crippen LogP contribution in [0, 0.1) is 0 Å². The zero-order valence-corrected chi connectivity index (χ0v) is 21.0. The summed E-state index contributed by atoms with van der Waals surface area (Å²) in [6.07, 6.45) is 1.25. The molecule has 1 aromatic carbocycles. The quantitative estimate of drug-likeness (QED) is 0.293. The lowest BCUT2D eigenvalue weighted by atomic mass is 10.0. The first-order valence-electron chi connectivity index (χ1n) is 11.2. The maximum atomic E-state index is 12.8. The highest BCUT2D eigenvalue weighted by Gasteiger charge is 2.26. The number of rotatable bonds is 10. The second-order valence-electron chi connectivity index (χ2n) is 9.21.